The van der Waals surface area contributed by atoms with Crippen molar-refractivity contribution in [2.24, 2.45) is 10.8 Å². The second-order valence-electron chi connectivity index (χ2n) is 4.46. The maximum Gasteiger partial charge on any atom is 0.00935 e. The molecular weight excluding hydrogens is 200 g/mol. The molecule has 0 nitrogen and oxygen atoms in total. The molecule has 0 amide bonds. The van der Waals surface area contributed by atoms with E-state index in [0.717, 1.165) is 5.33 Å². The van der Waals surface area contributed by atoms with Crippen LogP contribution >= 0.6 is 15.9 Å². The van der Waals surface area contributed by atoms with E-state index in [1.165, 1.54) is 12.8 Å². The Kier molecular flexibility index (Phi) is 2.48. The molecule has 1 atom stereocenters. The normalized spacial score (nSPS) is 35.6. The molecule has 0 spiro atoms. The summed E-state index contributed by atoms with van der Waals surface area (Å²) in [6.45, 7) is 7.08. The Morgan fingerprint density at radius 3 is 2.09 bits per heavy atom. The molecule has 0 saturated heterocycles. The molecule has 0 aromatic carbocycles. The standard InChI is InChI=1S/C10H17Br/c1-9(2)6-4-5-7-10(9,3)8-11/h4-5H,6-8H2,1-3H3. The van der Waals surface area contributed by atoms with Crippen molar-refractivity contribution in [2.75, 3.05) is 5.33 Å². The molecule has 1 aliphatic rings. The summed E-state index contributed by atoms with van der Waals surface area (Å²) in [5.41, 5.74) is 0.896. The van der Waals surface area contributed by atoms with Gasteiger partial charge in [0.15, 0.2) is 0 Å². The van der Waals surface area contributed by atoms with Gasteiger partial charge in [-0.1, -0.05) is 48.9 Å². The lowest BCUT2D eigenvalue weighted by Gasteiger charge is -2.45. The predicted molar refractivity (Wildman–Crippen MR) is 54.1 cm³/mol. The molecule has 0 aliphatic heterocycles. The van der Waals surface area contributed by atoms with Crippen molar-refractivity contribution in [3.8, 4) is 0 Å². The topological polar surface area (TPSA) is 0 Å². The van der Waals surface area contributed by atoms with Gasteiger partial charge in [0, 0.05) is 5.33 Å². The zero-order valence-corrected chi connectivity index (χ0v) is 9.24. The van der Waals surface area contributed by atoms with Crippen molar-refractivity contribution in [1.29, 1.82) is 0 Å². The summed E-state index contributed by atoms with van der Waals surface area (Å²) in [4.78, 5) is 0. The van der Waals surface area contributed by atoms with E-state index in [0.29, 0.717) is 10.8 Å². The van der Waals surface area contributed by atoms with E-state index in [9.17, 15) is 0 Å². The van der Waals surface area contributed by atoms with Gasteiger partial charge in [0.25, 0.3) is 0 Å². The summed E-state index contributed by atoms with van der Waals surface area (Å²) in [7, 11) is 0. The van der Waals surface area contributed by atoms with E-state index >= 15 is 0 Å². The first-order chi connectivity index (χ1) is 5.02. The minimum Gasteiger partial charge on any atom is -0.0922 e. The smallest absolute Gasteiger partial charge is 0.00935 e. The van der Waals surface area contributed by atoms with Gasteiger partial charge < -0.3 is 0 Å². The fourth-order valence-corrected chi connectivity index (χ4v) is 2.47. The van der Waals surface area contributed by atoms with Gasteiger partial charge >= 0.3 is 0 Å². The van der Waals surface area contributed by atoms with Gasteiger partial charge in [0.05, 0.1) is 0 Å². The Hall–Kier alpha value is 0.220. The third kappa shape index (κ3) is 1.53. The molecule has 0 heterocycles. The average molecular weight is 217 g/mol. The molecule has 1 aliphatic carbocycles. The quantitative estimate of drug-likeness (QED) is 0.463. The van der Waals surface area contributed by atoms with Gasteiger partial charge in [0.2, 0.25) is 0 Å². The number of hydrogen-bond donors (Lipinski definition) is 0. The zero-order chi connectivity index (χ0) is 8.54. The molecule has 0 bridgehead atoms. The van der Waals surface area contributed by atoms with Gasteiger partial charge in [-0.05, 0) is 23.7 Å². The van der Waals surface area contributed by atoms with Gasteiger partial charge in [-0.3, -0.25) is 0 Å². The van der Waals surface area contributed by atoms with E-state index in [4.69, 9.17) is 0 Å². The molecule has 0 saturated carbocycles. The maximum atomic E-state index is 3.61. The van der Waals surface area contributed by atoms with Crippen LogP contribution in [0.1, 0.15) is 33.6 Å². The first-order valence-electron chi connectivity index (χ1n) is 4.23. The summed E-state index contributed by atoms with van der Waals surface area (Å²) in [6.07, 6.45) is 7.05. The van der Waals surface area contributed by atoms with Gasteiger partial charge in [-0.15, -0.1) is 0 Å². The van der Waals surface area contributed by atoms with Crippen LogP contribution in [0.5, 0.6) is 0 Å². The largest absolute Gasteiger partial charge is 0.0922 e. The molecular formula is C10H17Br. The summed E-state index contributed by atoms with van der Waals surface area (Å²) < 4.78 is 0. The van der Waals surface area contributed by atoms with Crippen LogP contribution in [0.15, 0.2) is 12.2 Å². The number of halogens is 1. The molecule has 0 aromatic heterocycles. The molecule has 1 unspecified atom stereocenters. The lowest BCUT2D eigenvalue weighted by molar-refractivity contribution is 0.114. The minimum atomic E-state index is 0.446. The van der Waals surface area contributed by atoms with Crippen LogP contribution in [0.3, 0.4) is 0 Å². The zero-order valence-electron chi connectivity index (χ0n) is 7.65. The van der Waals surface area contributed by atoms with Gasteiger partial charge in [-0.25, -0.2) is 0 Å². The summed E-state index contributed by atoms with van der Waals surface area (Å²) in [6, 6.07) is 0. The minimum absolute atomic E-state index is 0.446. The molecule has 0 N–H and O–H groups in total. The molecule has 0 radical (unpaired) electrons. The maximum absolute atomic E-state index is 3.61. The fraction of sp³-hybridized carbons (Fsp3) is 0.800. The van der Waals surface area contributed by atoms with E-state index in [1.54, 1.807) is 0 Å². The van der Waals surface area contributed by atoms with Crippen molar-refractivity contribution in [1.82, 2.24) is 0 Å². The van der Waals surface area contributed by atoms with Crippen LogP contribution in [0.2, 0.25) is 0 Å². The van der Waals surface area contributed by atoms with Crippen molar-refractivity contribution in [2.45, 2.75) is 33.6 Å². The summed E-state index contributed by atoms with van der Waals surface area (Å²) >= 11 is 3.61. The SMILES string of the molecule is CC1(C)CC=CCC1(C)CBr. The highest BCUT2D eigenvalue weighted by Crippen LogP contribution is 2.48. The monoisotopic (exact) mass is 216 g/mol. The first kappa shape index (κ1) is 9.31. The van der Waals surface area contributed by atoms with Crippen LogP contribution < -0.4 is 0 Å². The summed E-state index contributed by atoms with van der Waals surface area (Å²) in [5.74, 6) is 0. The number of hydrogen-bond acceptors (Lipinski definition) is 0. The number of allylic oxidation sites excluding steroid dienone is 2. The summed E-state index contributed by atoms with van der Waals surface area (Å²) in [5, 5.41) is 1.11. The third-order valence-electron chi connectivity index (χ3n) is 3.29. The Labute approximate surface area is 78.2 Å². The van der Waals surface area contributed by atoms with Crippen LogP contribution in [-0.2, 0) is 0 Å². The highest BCUT2D eigenvalue weighted by atomic mass is 79.9. The Morgan fingerprint density at radius 2 is 1.73 bits per heavy atom. The third-order valence-corrected chi connectivity index (χ3v) is 4.53. The van der Waals surface area contributed by atoms with E-state index < -0.39 is 0 Å². The lowest BCUT2D eigenvalue weighted by atomic mass is 9.62. The van der Waals surface area contributed by atoms with Crippen molar-refractivity contribution in [3.63, 3.8) is 0 Å². The highest BCUT2D eigenvalue weighted by Gasteiger charge is 2.39. The average Bonchev–Trinajstić information content (AvgIpc) is 1.95. The fourth-order valence-electron chi connectivity index (χ4n) is 1.48. The van der Waals surface area contributed by atoms with Crippen LogP contribution in [0.25, 0.3) is 0 Å². The lowest BCUT2D eigenvalue weighted by Crippen LogP contribution is -2.37. The Morgan fingerprint density at radius 1 is 1.18 bits per heavy atom. The second kappa shape index (κ2) is 2.93. The van der Waals surface area contributed by atoms with Crippen molar-refractivity contribution < 1.29 is 0 Å². The van der Waals surface area contributed by atoms with Gasteiger partial charge in [0.1, 0.15) is 0 Å². The van der Waals surface area contributed by atoms with E-state index in [2.05, 4.69) is 48.9 Å². The van der Waals surface area contributed by atoms with Crippen LogP contribution in [0, 0.1) is 10.8 Å². The first-order valence-corrected chi connectivity index (χ1v) is 5.35. The molecule has 1 rings (SSSR count). The molecule has 1 heteroatoms. The van der Waals surface area contributed by atoms with Gasteiger partial charge in [-0.2, -0.15) is 0 Å². The molecule has 11 heavy (non-hydrogen) atoms. The molecule has 64 valence electrons. The predicted octanol–water partition coefficient (Wildman–Crippen LogP) is 3.76. The number of alkyl halides is 1. The van der Waals surface area contributed by atoms with Crippen LogP contribution in [0.4, 0.5) is 0 Å². The Bertz CT molecular complexity index is 170. The van der Waals surface area contributed by atoms with Crippen molar-refractivity contribution >= 4 is 15.9 Å². The van der Waals surface area contributed by atoms with Crippen molar-refractivity contribution in [3.05, 3.63) is 12.2 Å². The molecule has 0 fully saturated rings. The van der Waals surface area contributed by atoms with E-state index in [1.807, 2.05) is 0 Å². The van der Waals surface area contributed by atoms with E-state index in [-0.39, 0.29) is 0 Å². The Balaban J connectivity index is 2.86. The molecule has 0 aromatic rings. The second-order valence-corrected chi connectivity index (χ2v) is 5.02. The van der Waals surface area contributed by atoms with Crippen LogP contribution in [-0.4, -0.2) is 5.33 Å². The number of rotatable bonds is 1. The highest BCUT2D eigenvalue weighted by molar-refractivity contribution is 9.09.